The maximum absolute atomic E-state index is 11.2. The second-order valence-corrected chi connectivity index (χ2v) is 4.23. The largest absolute Gasteiger partial charge is 0.477 e. The molecule has 2 aromatic rings. The van der Waals surface area contributed by atoms with Crippen LogP contribution in [0.2, 0.25) is 5.02 Å². The number of fused-ring (bicyclic) bond motifs is 1. The molecule has 0 amide bonds. The molecule has 0 unspecified atom stereocenters. The first-order valence-electron chi connectivity index (χ1n) is 4.92. The number of carboxylic acids is 1. The van der Waals surface area contributed by atoms with Crippen molar-refractivity contribution < 1.29 is 9.90 Å². The van der Waals surface area contributed by atoms with Crippen LogP contribution in [0.3, 0.4) is 0 Å². The Morgan fingerprint density at radius 1 is 1.50 bits per heavy atom. The van der Waals surface area contributed by atoms with Crippen molar-refractivity contribution in [1.82, 2.24) is 9.78 Å². The lowest BCUT2D eigenvalue weighted by Crippen LogP contribution is -2.12. The van der Waals surface area contributed by atoms with E-state index in [0.717, 1.165) is 0 Å². The Morgan fingerprint density at radius 2 is 2.19 bits per heavy atom. The van der Waals surface area contributed by atoms with E-state index in [4.69, 9.17) is 11.6 Å². The van der Waals surface area contributed by atoms with Crippen molar-refractivity contribution in [2.45, 2.75) is 19.9 Å². The van der Waals surface area contributed by atoms with Crippen molar-refractivity contribution in [1.29, 1.82) is 0 Å². The summed E-state index contributed by atoms with van der Waals surface area (Å²) < 4.78 is 1.48. The number of aromatic carboxylic acids is 1. The Kier molecular flexibility index (Phi) is 2.59. The average Bonchev–Trinajstić information content (AvgIpc) is 2.58. The molecule has 5 heteroatoms. The molecule has 0 saturated carbocycles. The molecule has 0 aliphatic carbocycles. The molecule has 1 N–H and O–H groups in total. The normalized spacial score (nSPS) is 11.2. The monoisotopic (exact) mass is 238 g/mol. The van der Waals surface area contributed by atoms with Crippen LogP contribution in [0.15, 0.2) is 18.2 Å². The van der Waals surface area contributed by atoms with Crippen LogP contribution in [0.5, 0.6) is 0 Å². The molecule has 0 saturated heterocycles. The molecule has 0 radical (unpaired) electrons. The van der Waals surface area contributed by atoms with Gasteiger partial charge in [0.05, 0.1) is 15.9 Å². The number of halogens is 1. The Morgan fingerprint density at radius 3 is 2.75 bits per heavy atom. The van der Waals surface area contributed by atoms with Gasteiger partial charge < -0.3 is 5.11 Å². The molecule has 1 aromatic carbocycles. The van der Waals surface area contributed by atoms with Gasteiger partial charge in [-0.15, -0.1) is 0 Å². The van der Waals surface area contributed by atoms with Crippen molar-refractivity contribution in [3.05, 3.63) is 28.9 Å². The number of benzene rings is 1. The van der Waals surface area contributed by atoms with Crippen LogP contribution in [0, 0.1) is 0 Å². The van der Waals surface area contributed by atoms with Crippen LogP contribution < -0.4 is 0 Å². The van der Waals surface area contributed by atoms with E-state index in [9.17, 15) is 9.90 Å². The third kappa shape index (κ3) is 1.55. The predicted octanol–water partition coefficient (Wildman–Crippen LogP) is 2.97. The summed E-state index contributed by atoms with van der Waals surface area (Å²) in [6.45, 7) is 3.76. The number of hydrogen-bond acceptors (Lipinski definition) is 2. The fourth-order valence-electron chi connectivity index (χ4n) is 1.69. The highest BCUT2D eigenvalue weighted by atomic mass is 35.5. The van der Waals surface area contributed by atoms with Crippen LogP contribution in [-0.4, -0.2) is 20.9 Å². The van der Waals surface area contributed by atoms with Crippen LogP contribution in [0.4, 0.5) is 0 Å². The van der Waals surface area contributed by atoms with Gasteiger partial charge in [-0.2, -0.15) is 5.10 Å². The van der Waals surface area contributed by atoms with Gasteiger partial charge in [0.25, 0.3) is 0 Å². The zero-order chi connectivity index (χ0) is 11.9. The Labute approximate surface area is 97.4 Å². The minimum Gasteiger partial charge on any atom is -0.477 e. The predicted molar refractivity (Wildman–Crippen MR) is 62.1 cm³/mol. The van der Waals surface area contributed by atoms with E-state index in [1.807, 2.05) is 13.8 Å². The second kappa shape index (κ2) is 3.79. The highest BCUT2D eigenvalue weighted by molar-refractivity contribution is 6.36. The van der Waals surface area contributed by atoms with Crippen molar-refractivity contribution in [2.24, 2.45) is 0 Å². The molecule has 4 nitrogen and oxygen atoms in total. The van der Waals surface area contributed by atoms with Gasteiger partial charge in [-0.05, 0) is 26.0 Å². The lowest BCUT2D eigenvalue weighted by Gasteiger charge is -2.07. The summed E-state index contributed by atoms with van der Waals surface area (Å²) in [4.78, 5) is 11.2. The smallest absolute Gasteiger partial charge is 0.354 e. The number of rotatable bonds is 2. The fourth-order valence-corrected chi connectivity index (χ4v) is 1.95. The quantitative estimate of drug-likeness (QED) is 0.875. The fraction of sp³-hybridized carbons (Fsp3) is 0.273. The van der Waals surface area contributed by atoms with Crippen LogP contribution in [-0.2, 0) is 0 Å². The minimum absolute atomic E-state index is 0.0189. The third-order valence-corrected chi connectivity index (χ3v) is 2.68. The Hall–Kier alpha value is -1.55. The van der Waals surface area contributed by atoms with Gasteiger partial charge in [0.1, 0.15) is 0 Å². The summed E-state index contributed by atoms with van der Waals surface area (Å²) in [5.74, 6) is -1.01. The van der Waals surface area contributed by atoms with E-state index in [0.29, 0.717) is 15.9 Å². The van der Waals surface area contributed by atoms with Gasteiger partial charge >= 0.3 is 5.97 Å². The molecule has 0 atom stereocenters. The number of nitrogens with zero attached hydrogens (tertiary/aromatic N) is 2. The molecular formula is C11H11ClN2O2. The van der Waals surface area contributed by atoms with E-state index in [1.165, 1.54) is 4.68 Å². The molecule has 0 spiro atoms. The van der Waals surface area contributed by atoms with Crippen molar-refractivity contribution in [3.63, 3.8) is 0 Å². The molecule has 1 aromatic heterocycles. The summed E-state index contributed by atoms with van der Waals surface area (Å²) in [5.41, 5.74) is 0.759. The summed E-state index contributed by atoms with van der Waals surface area (Å²) >= 11 is 6.01. The SMILES string of the molecule is CC(C)n1nc2cccc(Cl)c2c1C(=O)O. The summed E-state index contributed by atoms with van der Waals surface area (Å²) in [6.07, 6.45) is 0. The molecule has 0 aliphatic rings. The highest BCUT2D eigenvalue weighted by Crippen LogP contribution is 2.28. The molecular weight excluding hydrogens is 228 g/mol. The average molecular weight is 239 g/mol. The van der Waals surface area contributed by atoms with Crippen molar-refractivity contribution in [2.75, 3.05) is 0 Å². The van der Waals surface area contributed by atoms with Gasteiger partial charge in [-0.25, -0.2) is 4.79 Å². The van der Waals surface area contributed by atoms with Gasteiger partial charge in [0.15, 0.2) is 5.69 Å². The minimum atomic E-state index is -1.01. The maximum Gasteiger partial charge on any atom is 0.354 e. The van der Waals surface area contributed by atoms with Gasteiger partial charge in [-0.1, -0.05) is 17.7 Å². The van der Waals surface area contributed by atoms with Crippen LogP contribution in [0.1, 0.15) is 30.4 Å². The van der Waals surface area contributed by atoms with Gasteiger partial charge in [0.2, 0.25) is 0 Å². The van der Waals surface area contributed by atoms with Gasteiger partial charge in [-0.3, -0.25) is 4.68 Å². The standard InChI is InChI=1S/C11H11ClN2O2/c1-6(2)14-10(11(15)16)9-7(12)4-3-5-8(9)13-14/h3-6H,1-2H3,(H,15,16). The molecule has 0 aliphatic heterocycles. The Balaban J connectivity index is 2.88. The van der Waals surface area contributed by atoms with Crippen LogP contribution in [0.25, 0.3) is 10.9 Å². The number of hydrogen-bond donors (Lipinski definition) is 1. The van der Waals surface area contributed by atoms with E-state index in [1.54, 1.807) is 18.2 Å². The van der Waals surface area contributed by atoms with Crippen molar-refractivity contribution >= 4 is 28.5 Å². The molecule has 2 rings (SSSR count). The first kappa shape index (κ1) is 11.0. The van der Waals surface area contributed by atoms with Crippen LogP contribution >= 0.6 is 11.6 Å². The summed E-state index contributed by atoms with van der Waals surface area (Å²) in [6, 6.07) is 5.16. The Bertz CT molecular complexity index is 560. The van der Waals surface area contributed by atoms with E-state index in [-0.39, 0.29) is 11.7 Å². The topological polar surface area (TPSA) is 55.1 Å². The molecule has 0 fully saturated rings. The molecule has 16 heavy (non-hydrogen) atoms. The van der Waals surface area contributed by atoms with E-state index >= 15 is 0 Å². The lowest BCUT2D eigenvalue weighted by atomic mass is 10.2. The number of aromatic nitrogens is 2. The zero-order valence-electron chi connectivity index (χ0n) is 8.94. The molecule has 84 valence electrons. The van der Waals surface area contributed by atoms with E-state index in [2.05, 4.69) is 5.10 Å². The number of carboxylic acid groups (broad SMARTS) is 1. The highest BCUT2D eigenvalue weighted by Gasteiger charge is 2.20. The van der Waals surface area contributed by atoms with Crippen molar-refractivity contribution in [3.8, 4) is 0 Å². The maximum atomic E-state index is 11.2. The van der Waals surface area contributed by atoms with Gasteiger partial charge in [0, 0.05) is 6.04 Å². The van der Waals surface area contributed by atoms with E-state index < -0.39 is 5.97 Å². The zero-order valence-corrected chi connectivity index (χ0v) is 9.69. The third-order valence-electron chi connectivity index (χ3n) is 2.36. The lowest BCUT2D eigenvalue weighted by molar-refractivity contribution is 0.0683. The summed E-state index contributed by atoms with van der Waals surface area (Å²) in [5, 5.41) is 14.4. The summed E-state index contributed by atoms with van der Waals surface area (Å²) in [7, 11) is 0. The first-order chi connectivity index (χ1) is 7.52. The molecule has 1 heterocycles. The second-order valence-electron chi connectivity index (χ2n) is 3.83. The molecule has 0 bridgehead atoms. The first-order valence-corrected chi connectivity index (χ1v) is 5.30. The number of carbonyl (C=O) groups is 1.